The molecule has 0 saturated carbocycles. The van der Waals surface area contributed by atoms with Gasteiger partial charge in [-0.15, -0.1) is 0 Å². The number of carboxylic acids is 1. The number of benzene rings is 2. The number of nitrogens with zero attached hydrogens (tertiary/aromatic N) is 1. The third kappa shape index (κ3) is 4.37. The second kappa shape index (κ2) is 8.49. The number of carboxylic acid groups (broad SMARTS) is 1. The highest BCUT2D eigenvalue weighted by Crippen LogP contribution is 2.38. The van der Waals surface area contributed by atoms with Gasteiger partial charge in [0.1, 0.15) is 0 Å². The van der Waals surface area contributed by atoms with Gasteiger partial charge in [-0.2, -0.15) is 0 Å². The zero-order valence-electron chi connectivity index (χ0n) is 14.9. The third-order valence-electron chi connectivity index (χ3n) is 3.75. The van der Waals surface area contributed by atoms with Crippen molar-refractivity contribution in [3.05, 3.63) is 56.9 Å². The van der Waals surface area contributed by atoms with Gasteiger partial charge in [0.2, 0.25) is 0 Å². The number of aromatic carboxylic acids is 1. The van der Waals surface area contributed by atoms with Gasteiger partial charge >= 0.3 is 5.97 Å². The Kier molecular flexibility index (Phi) is 6.05. The number of hydrogen-bond donors (Lipinski definition) is 2. The molecular weight excluding hydrogens is 448 g/mol. The second-order valence-corrected chi connectivity index (χ2v) is 7.46. The predicted molar refractivity (Wildman–Crippen MR) is 111 cm³/mol. The number of amidine groups is 1. The van der Waals surface area contributed by atoms with Gasteiger partial charge in [0.15, 0.2) is 16.7 Å². The van der Waals surface area contributed by atoms with E-state index in [4.69, 9.17) is 14.6 Å². The summed E-state index contributed by atoms with van der Waals surface area (Å²) in [4.78, 5) is 28.0. The zero-order chi connectivity index (χ0) is 20.3. The minimum absolute atomic E-state index is 0.173. The van der Waals surface area contributed by atoms with Crippen LogP contribution in [0.4, 0.5) is 5.69 Å². The Balaban J connectivity index is 1.84. The fraction of sp³-hybridized carbons (Fsp3) is 0.105. The molecule has 0 bridgehead atoms. The smallest absolute Gasteiger partial charge is 0.335 e. The van der Waals surface area contributed by atoms with Crippen molar-refractivity contribution in [1.29, 1.82) is 0 Å². The first-order valence-electron chi connectivity index (χ1n) is 7.95. The fourth-order valence-electron chi connectivity index (χ4n) is 2.45. The average molecular weight is 463 g/mol. The Labute approximate surface area is 173 Å². The number of aliphatic imine (C=N–C) groups is 1. The van der Waals surface area contributed by atoms with Gasteiger partial charge < -0.3 is 19.9 Å². The minimum atomic E-state index is -1.01. The molecule has 0 aromatic heterocycles. The van der Waals surface area contributed by atoms with Crippen LogP contribution in [0.1, 0.15) is 15.9 Å². The van der Waals surface area contributed by atoms with E-state index in [9.17, 15) is 9.59 Å². The Morgan fingerprint density at radius 3 is 2.54 bits per heavy atom. The van der Waals surface area contributed by atoms with E-state index in [0.717, 1.165) is 5.56 Å². The lowest BCUT2D eigenvalue weighted by Gasteiger charge is -2.10. The van der Waals surface area contributed by atoms with E-state index < -0.39 is 5.97 Å². The molecule has 0 spiro atoms. The summed E-state index contributed by atoms with van der Waals surface area (Å²) in [7, 11) is 3.09. The Morgan fingerprint density at radius 1 is 1.21 bits per heavy atom. The highest BCUT2D eigenvalue weighted by Gasteiger charge is 2.24. The molecule has 0 aliphatic carbocycles. The Hall–Kier alpha value is -2.78. The summed E-state index contributed by atoms with van der Waals surface area (Å²) in [6, 6.07) is 9.67. The molecule has 0 unspecified atom stereocenters. The van der Waals surface area contributed by atoms with Crippen LogP contribution in [0, 0.1) is 0 Å². The van der Waals surface area contributed by atoms with Crippen molar-refractivity contribution in [2.75, 3.05) is 14.2 Å². The monoisotopic (exact) mass is 462 g/mol. The van der Waals surface area contributed by atoms with Gasteiger partial charge in [0.05, 0.1) is 34.8 Å². The SMILES string of the molecule is COc1cc(/C=C2\SC(=Nc3ccc(C(=O)O)cc3)NC2=O)cc(Br)c1OC. The van der Waals surface area contributed by atoms with Crippen molar-refractivity contribution >= 4 is 56.5 Å². The molecule has 2 aromatic rings. The molecule has 3 rings (SSSR count). The lowest BCUT2D eigenvalue weighted by atomic mass is 10.2. The molecule has 0 atom stereocenters. The largest absolute Gasteiger partial charge is 0.493 e. The number of methoxy groups -OCH3 is 2. The summed E-state index contributed by atoms with van der Waals surface area (Å²) in [6.07, 6.45) is 1.72. The maximum Gasteiger partial charge on any atom is 0.335 e. The van der Waals surface area contributed by atoms with E-state index in [-0.39, 0.29) is 11.5 Å². The first-order valence-corrected chi connectivity index (χ1v) is 9.56. The lowest BCUT2D eigenvalue weighted by molar-refractivity contribution is -0.115. The fourth-order valence-corrected chi connectivity index (χ4v) is 3.91. The topological polar surface area (TPSA) is 97.2 Å². The molecule has 1 saturated heterocycles. The predicted octanol–water partition coefficient (Wildman–Crippen LogP) is 4.06. The lowest BCUT2D eigenvalue weighted by Crippen LogP contribution is -2.19. The van der Waals surface area contributed by atoms with Crippen molar-refractivity contribution in [1.82, 2.24) is 5.32 Å². The van der Waals surface area contributed by atoms with E-state index in [1.54, 1.807) is 38.5 Å². The molecule has 1 aliphatic rings. The van der Waals surface area contributed by atoms with Gasteiger partial charge in [-0.25, -0.2) is 9.79 Å². The summed E-state index contributed by atoms with van der Waals surface area (Å²) >= 11 is 4.62. The number of nitrogens with one attached hydrogen (secondary N) is 1. The molecule has 7 nitrogen and oxygen atoms in total. The maximum absolute atomic E-state index is 12.3. The summed E-state index contributed by atoms with van der Waals surface area (Å²) in [5.41, 5.74) is 1.48. The molecule has 9 heteroatoms. The summed E-state index contributed by atoms with van der Waals surface area (Å²) in [6.45, 7) is 0. The standard InChI is InChI=1S/C19H15BrN2O5S/c1-26-14-8-10(7-13(20)16(14)27-2)9-15-17(23)22-19(28-15)21-12-5-3-11(4-6-12)18(24)25/h3-9H,1-2H3,(H,24,25)(H,21,22,23)/b15-9-. The van der Waals surface area contributed by atoms with Crippen molar-refractivity contribution < 1.29 is 24.2 Å². The minimum Gasteiger partial charge on any atom is -0.493 e. The first-order chi connectivity index (χ1) is 13.4. The summed E-state index contributed by atoms with van der Waals surface area (Å²) in [5.74, 6) is -0.161. The molecule has 28 heavy (non-hydrogen) atoms. The Bertz CT molecular complexity index is 1000. The van der Waals surface area contributed by atoms with Crippen LogP contribution in [0.3, 0.4) is 0 Å². The van der Waals surface area contributed by atoms with Crippen LogP contribution in [-0.2, 0) is 4.79 Å². The normalized spacial score (nSPS) is 16.3. The molecule has 144 valence electrons. The molecule has 1 fully saturated rings. The van der Waals surface area contributed by atoms with Crippen LogP contribution >= 0.6 is 27.7 Å². The highest BCUT2D eigenvalue weighted by atomic mass is 79.9. The van der Waals surface area contributed by atoms with Gasteiger partial charge in [-0.1, -0.05) is 0 Å². The number of rotatable bonds is 5. The first kappa shape index (κ1) is 20.0. The van der Waals surface area contributed by atoms with Crippen molar-refractivity contribution in [2.24, 2.45) is 4.99 Å². The highest BCUT2D eigenvalue weighted by molar-refractivity contribution is 9.10. The second-order valence-electron chi connectivity index (χ2n) is 5.57. The van der Waals surface area contributed by atoms with Gasteiger partial charge in [0.25, 0.3) is 5.91 Å². The van der Waals surface area contributed by atoms with Crippen LogP contribution in [-0.4, -0.2) is 36.4 Å². The molecule has 2 N–H and O–H groups in total. The number of carbonyl (C=O) groups is 2. The number of amides is 1. The molecule has 1 aliphatic heterocycles. The van der Waals surface area contributed by atoms with Crippen LogP contribution in [0.15, 0.2) is 50.8 Å². The van der Waals surface area contributed by atoms with E-state index in [1.807, 2.05) is 6.07 Å². The number of hydrogen-bond acceptors (Lipinski definition) is 6. The van der Waals surface area contributed by atoms with Crippen LogP contribution in [0.25, 0.3) is 6.08 Å². The van der Waals surface area contributed by atoms with E-state index in [0.29, 0.717) is 31.7 Å². The Morgan fingerprint density at radius 2 is 1.93 bits per heavy atom. The van der Waals surface area contributed by atoms with Crippen molar-refractivity contribution in [3.8, 4) is 11.5 Å². The molecule has 1 heterocycles. The van der Waals surface area contributed by atoms with Crippen molar-refractivity contribution in [3.63, 3.8) is 0 Å². The average Bonchev–Trinajstić information content (AvgIpc) is 3.00. The van der Waals surface area contributed by atoms with Crippen LogP contribution in [0.2, 0.25) is 0 Å². The van der Waals surface area contributed by atoms with E-state index in [2.05, 4.69) is 26.2 Å². The van der Waals surface area contributed by atoms with Crippen LogP contribution < -0.4 is 14.8 Å². The number of halogens is 1. The summed E-state index contributed by atoms with van der Waals surface area (Å²) < 4.78 is 11.3. The number of ether oxygens (including phenoxy) is 2. The van der Waals surface area contributed by atoms with Gasteiger partial charge in [0, 0.05) is 0 Å². The van der Waals surface area contributed by atoms with E-state index >= 15 is 0 Å². The van der Waals surface area contributed by atoms with Gasteiger partial charge in [-0.05, 0) is 75.7 Å². The number of thioether (sulfide) groups is 1. The number of carbonyl (C=O) groups excluding carboxylic acids is 1. The zero-order valence-corrected chi connectivity index (χ0v) is 17.3. The molecule has 1 amide bonds. The summed E-state index contributed by atoms with van der Waals surface area (Å²) in [5, 5.41) is 12.0. The third-order valence-corrected chi connectivity index (χ3v) is 5.25. The molecule has 2 aromatic carbocycles. The van der Waals surface area contributed by atoms with Gasteiger partial charge in [-0.3, -0.25) is 4.79 Å². The molecule has 0 radical (unpaired) electrons. The van der Waals surface area contributed by atoms with Crippen LogP contribution in [0.5, 0.6) is 11.5 Å². The molecular formula is C19H15BrN2O5S. The maximum atomic E-state index is 12.3. The quantitative estimate of drug-likeness (QED) is 0.650. The van der Waals surface area contributed by atoms with Crippen molar-refractivity contribution in [2.45, 2.75) is 0 Å². The van der Waals surface area contributed by atoms with E-state index in [1.165, 1.54) is 23.9 Å².